The van der Waals surface area contributed by atoms with E-state index >= 15 is 0 Å². The first-order valence-electron chi connectivity index (χ1n) is 21.6. The number of Topliss-reactive ketones (excluding diaryl/α,β-unsaturated/α-hetero) is 2. The van der Waals surface area contributed by atoms with E-state index in [0.717, 1.165) is 142 Å². The molecule has 314 valence electrons. The van der Waals surface area contributed by atoms with E-state index in [4.69, 9.17) is 0 Å². The van der Waals surface area contributed by atoms with Gasteiger partial charge in [0.2, 0.25) is 0 Å². The molecule has 4 aromatic carbocycles. The first kappa shape index (κ1) is 40.3. The van der Waals surface area contributed by atoms with Gasteiger partial charge in [-0.15, -0.1) is 11.3 Å². The lowest BCUT2D eigenvalue weighted by molar-refractivity contribution is 0.103. The number of thiophene rings is 1. The molecule has 1 heterocycles. The molecule has 0 radical (unpaired) electrons. The fourth-order valence-electron chi connectivity index (χ4n) is 11.8. The molecule has 11 heteroatoms. The van der Waals surface area contributed by atoms with Crippen molar-refractivity contribution in [1.82, 2.24) is 0 Å². The van der Waals surface area contributed by atoms with Crippen molar-refractivity contribution in [1.29, 1.82) is 21.0 Å². The zero-order valence-electron chi connectivity index (χ0n) is 34.5. The molecule has 2 spiro atoms. The van der Waals surface area contributed by atoms with Crippen LogP contribution in [0, 0.1) is 68.6 Å². The SMILES string of the molecule is N#CC(C#N)=C1/C(=C/C2=Cc3cc4sc5cc6c(cc5c4cc3C23CCCCC3)C2(CCCCC2)C(/C=C2\C(=O)c3cc(F)c(F)cc3C2=C(C#N)C#N)=C6)C(=O)c2cc(F)c(F)cc21. The maximum Gasteiger partial charge on any atom is 0.194 e. The molecule has 1 aromatic heterocycles. The fraction of sp³-hybridized carbons (Fsp3) is 0.222. The minimum absolute atomic E-state index is 0.00487. The van der Waals surface area contributed by atoms with Gasteiger partial charge in [0.25, 0.3) is 0 Å². The number of nitrogens with zero attached hydrogens (tertiary/aromatic N) is 4. The maximum absolute atomic E-state index is 14.6. The molecular formula is C54H32F4N4O2S. The van der Waals surface area contributed by atoms with Crippen molar-refractivity contribution in [2.45, 2.75) is 75.0 Å². The zero-order chi connectivity index (χ0) is 45.1. The molecule has 6 aliphatic rings. The van der Waals surface area contributed by atoms with Gasteiger partial charge in [-0.25, -0.2) is 17.6 Å². The van der Waals surface area contributed by atoms with Crippen molar-refractivity contribution in [3.63, 3.8) is 0 Å². The lowest BCUT2D eigenvalue weighted by atomic mass is 9.66. The number of hydrogen-bond acceptors (Lipinski definition) is 7. The molecule has 6 nitrogen and oxygen atoms in total. The van der Waals surface area contributed by atoms with Crippen LogP contribution in [-0.4, -0.2) is 11.6 Å². The van der Waals surface area contributed by atoms with Crippen molar-refractivity contribution < 1.29 is 27.2 Å². The molecule has 0 bridgehead atoms. The maximum atomic E-state index is 14.6. The molecule has 5 aromatic rings. The summed E-state index contributed by atoms with van der Waals surface area (Å²) in [5.74, 6) is -5.90. The molecule has 2 saturated carbocycles. The highest BCUT2D eigenvalue weighted by atomic mass is 32.1. The van der Waals surface area contributed by atoms with E-state index in [2.05, 4.69) is 36.4 Å². The summed E-state index contributed by atoms with van der Waals surface area (Å²) in [5, 5.41) is 42.0. The van der Waals surface area contributed by atoms with E-state index in [1.807, 2.05) is 24.3 Å². The molecule has 11 rings (SSSR count). The van der Waals surface area contributed by atoms with E-state index < -0.39 is 45.7 Å². The normalized spacial score (nSPS) is 19.8. The zero-order valence-corrected chi connectivity index (χ0v) is 35.3. The lowest BCUT2D eigenvalue weighted by Crippen LogP contribution is -2.29. The number of benzene rings is 4. The molecule has 0 unspecified atom stereocenters. The van der Waals surface area contributed by atoms with E-state index in [1.54, 1.807) is 23.5 Å². The Morgan fingerprint density at radius 3 is 1.22 bits per heavy atom. The van der Waals surface area contributed by atoms with Crippen LogP contribution < -0.4 is 0 Å². The molecule has 6 aliphatic carbocycles. The summed E-state index contributed by atoms with van der Waals surface area (Å²) >= 11 is 1.64. The van der Waals surface area contributed by atoms with Crippen LogP contribution in [0.4, 0.5) is 17.6 Å². The average Bonchev–Trinajstić information content (AvgIpc) is 4.03. The third-order valence-corrected chi connectivity index (χ3v) is 15.8. The standard InChI is InChI=1S/C54H32F4N4O2S/c55-43-19-35-37(21-45(43)57)51(63)39(49(35)29(23-59)24-60)15-31-11-27-13-47-33(17-41(27)53(31)7-3-1-4-8-53)34-18-42-28(14-48(34)65-47)12-32(54(42)9-5-2-6-10-54)16-40-50(30(25-61)26-62)36-20-44(56)46(58)22-38(36)52(40)64/h11-22H,1-10H2/b39-15-,40-16-. The Labute approximate surface area is 374 Å². The summed E-state index contributed by atoms with van der Waals surface area (Å²) in [6.07, 6.45) is 16.5. The van der Waals surface area contributed by atoms with Gasteiger partial charge < -0.3 is 0 Å². The number of hydrogen-bond donors (Lipinski definition) is 0. The smallest absolute Gasteiger partial charge is 0.194 e. The summed E-state index contributed by atoms with van der Waals surface area (Å²) in [7, 11) is 0. The Kier molecular flexibility index (Phi) is 9.03. The van der Waals surface area contributed by atoms with Gasteiger partial charge in [-0.1, -0.05) is 50.7 Å². The summed E-state index contributed by atoms with van der Waals surface area (Å²) < 4.78 is 60.4. The van der Waals surface area contributed by atoms with Gasteiger partial charge in [0.05, 0.1) is 0 Å². The number of fused-ring (bicyclic) bond motifs is 9. The van der Waals surface area contributed by atoms with Gasteiger partial charge in [-0.2, -0.15) is 21.0 Å². The highest BCUT2D eigenvalue weighted by Gasteiger charge is 2.46. The second-order valence-corrected chi connectivity index (χ2v) is 18.9. The predicted molar refractivity (Wildman–Crippen MR) is 239 cm³/mol. The van der Waals surface area contributed by atoms with Crippen LogP contribution in [0.25, 0.3) is 43.5 Å². The first-order chi connectivity index (χ1) is 31.4. The van der Waals surface area contributed by atoms with Crippen molar-refractivity contribution in [2.24, 2.45) is 0 Å². The Morgan fingerprint density at radius 2 is 0.862 bits per heavy atom. The van der Waals surface area contributed by atoms with Crippen LogP contribution in [-0.2, 0) is 10.8 Å². The van der Waals surface area contributed by atoms with Crippen molar-refractivity contribution >= 4 is 66.4 Å². The number of ketones is 2. The number of carbonyl (C=O) groups excluding carboxylic acids is 2. The number of carbonyl (C=O) groups is 2. The van der Waals surface area contributed by atoms with Gasteiger partial charge in [0, 0.05) is 64.4 Å². The van der Waals surface area contributed by atoms with Crippen LogP contribution in [0.2, 0.25) is 0 Å². The Hall–Kier alpha value is -7.44. The minimum Gasteiger partial charge on any atom is -0.289 e. The van der Waals surface area contributed by atoms with Crippen LogP contribution in [0.1, 0.15) is 118 Å². The molecule has 0 aliphatic heterocycles. The van der Waals surface area contributed by atoms with Gasteiger partial charge in [0.15, 0.2) is 34.8 Å². The van der Waals surface area contributed by atoms with Crippen molar-refractivity contribution in [2.75, 3.05) is 0 Å². The monoisotopic (exact) mass is 876 g/mol. The Balaban J connectivity index is 1.06. The first-order valence-corrected chi connectivity index (χ1v) is 22.4. The van der Waals surface area contributed by atoms with Crippen LogP contribution in [0.15, 0.2) is 94.1 Å². The number of allylic oxidation sites excluding steroid dienone is 10. The minimum atomic E-state index is -1.19. The summed E-state index contributed by atoms with van der Waals surface area (Å²) in [6.45, 7) is 0. The molecule has 65 heavy (non-hydrogen) atoms. The third kappa shape index (κ3) is 5.65. The van der Waals surface area contributed by atoms with Gasteiger partial charge in [-0.3, -0.25) is 9.59 Å². The Bertz CT molecular complexity index is 3260. The molecule has 0 N–H and O–H groups in total. The lowest BCUT2D eigenvalue weighted by Gasteiger charge is -2.37. The van der Waals surface area contributed by atoms with Gasteiger partial charge in [-0.05, 0) is 131 Å². The topological polar surface area (TPSA) is 129 Å². The average molecular weight is 877 g/mol. The van der Waals surface area contributed by atoms with Crippen LogP contribution in [0.5, 0.6) is 0 Å². The van der Waals surface area contributed by atoms with Gasteiger partial charge in [0.1, 0.15) is 35.4 Å². The molecule has 0 atom stereocenters. The van der Waals surface area contributed by atoms with E-state index in [9.17, 15) is 48.2 Å². The number of nitriles is 4. The number of rotatable bonds is 2. The summed E-state index contributed by atoms with van der Waals surface area (Å²) in [4.78, 5) is 28.1. The fourth-order valence-corrected chi connectivity index (χ4v) is 12.9. The Morgan fingerprint density at radius 1 is 0.508 bits per heavy atom. The van der Waals surface area contributed by atoms with Crippen molar-refractivity contribution in [3.05, 3.63) is 162 Å². The van der Waals surface area contributed by atoms with Crippen LogP contribution >= 0.6 is 11.3 Å². The van der Waals surface area contributed by atoms with Crippen LogP contribution in [0.3, 0.4) is 0 Å². The molecule has 0 amide bonds. The second kappa shape index (κ2) is 14.5. The third-order valence-electron chi connectivity index (χ3n) is 14.7. The molecule has 0 saturated heterocycles. The highest BCUT2D eigenvalue weighted by molar-refractivity contribution is 7.25. The summed E-state index contributed by atoms with van der Waals surface area (Å²) in [5.41, 5.74) is 4.17. The summed E-state index contributed by atoms with van der Waals surface area (Å²) in [6, 6.07) is 19.8. The predicted octanol–water partition coefficient (Wildman–Crippen LogP) is 13.1. The van der Waals surface area contributed by atoms with E-state index in [0.29, 0.717) is 0 Å². The van der Waals surface area contributed by atoms with E-state index in [-0.39, 0.29) is 55.7 Å². The van der Waals surface area contributed by atoms with E-state index in [1.165, 1.54) is 0 Å². The number of halogens is 4. The molecule has 2 fully saturated rings. The molecular weight excluding hydrogens is 845 g/mol. The van der Waals surface area contributed by atoms with Gasteiger partial charge >= 0.3 is 0 Å². The quantitative estimate of drug-likeness (QED) is 0.0986. The second-order valence-electron chi connectivity index (χ2n) is 17.8. The largest absolute Gasteiger partial charge is 0.289 e. The van der Waals surface area contributed by atoms with Crippen molar-refractivity contribution in [3.8, 4) is 24.3 Å². The highest BCUT2D eigenvalue weighted by Crippen LogP contribution is 2.57.